The third-order valence-electron chi connectivity index (χ3n) is 6.93. The maximum absolute atomic E-state index is 14.9. The van der Waals surface area contributed by atoms with Gasteiger partial charge in [0.15, 0.2) is 21.5 Å². The molecule has 0 aromatic heterocycles. The summed E-state index contributed by atoms with van der Waals surface area (Å²) in [6.07, 6.45) is -4.79. The number of nitrogens with zero attached hydrogens (tertiary/aromatic N) is 2. The minimum Gasteiger partial charge on any atom is -0.367 e. The molecular weight excluding hydrogens is 602 g/mol. The Balaban J connectivity index is 1.45. The molecule has 2 heterocycles. The van der Waals surface area contributed by atoms with Gasteiger partial charge in [-0.15, -0.1) is 0 Å². The lowest BCUT2D eigenvalue weighted by Gasteiger charge is -2.37. The van der Waals surface area contributed by atoms with E-state index in [9.17, 15) is 35.2 Å². The monoisotopic (exact) mass is 628 g/mol. The van der Waals surface area contributed by atoms with Crippen molar-refractivity contribution in [2.75, 3.05) is 54.4 Å². The standard InChI is InChI=1S/C25H27Cl2F5N4O3S/c26-18-11-20(21(12-19(18)27)36-8-6-35(7-9-36)5-4-25(30,31)32)34-24(37)17-2-1-15(22(28)23(17)29)13-33-16-3-10-40(38,39)14-16/h1-2,11-12,16,33H,3-10,13-14H2,(H,34,37). The number of carbonyl (C=O) groups excluding carboxylic acids is 1. The molecule has 40 heavy (non-hydrogen) atoms. The zero-order valence-electron chi connectivity index (χ0n) is 21.1. The lowest BCUT2D eigenvalue weighted by molar-refractivity contribution is -0.138. The van der Waals surface area contributed by atoms with Gasteiger partial charge in [-0.1, -0.05) is 29.3 Å². The Morgan fingerprint density at radius 1 is 1.02 bits per heavy atom. The van der Waals surface area contributed by atoms with Crippen LogP contribution in [0.2, 0.25) is 10.0 Å². The maximum Gasteiger partial charge on any atom is 0.390 e. The first-order valence-electron chi connectivity index (χ1n) is 12.5. The molecular formula is C25H27Cl2F5N4O3S. The van der Waals surface area contributed by atoms with E-state index in [-0.39, 0.29) is 51.9 Å². The van der Waals surface area contributed by atoms with Gasteiger partial charge < -0.3 is 15.5 Å². The summed E-state index contributed by atoms with van der Waals surface area (Å²) in [6, 6.07) is 4.89. The zero-order valence-corrected chi connectivity index (χ0v) is 23.5. The van der Waals surface area contributed by atoms with Gasteiger partial charge in [0, 0.05) is 50.9 Å². The van der Waals surface area contributed by atoms with E-state index < -0.39 is 45.5 Å². The van der Waals surface area contributed by atoms with Crippen molar-refractivity contribution in [3.8, 4) is 0 Å². The summed E-state index contributed by atoms with van der Waals surface area (Å²) in [6.45, 7) is 1.12. The molecule has 2 saturated heterocycles. The van der Waals surface area contributed by atoms with Crippen LogP contribution in [0.1, 0.15) is 28.8 Å². The van der Waals surface area contributed by atoms with Crippen LogP contribution in [0.5, 0.6) is 0 Å². The second-order valence-electron chi connectivity index (χ2n) is 9.81. The lowest BCUT2D eigenvalue weighted by atomic mass is 10.1. The molecule has 2 aromatic carbocycles. The van der Waals surface area contributed by atoms with Gasteiger partial charge in [-0.05, 0) is 24.6 Å². The van der Waals surface area contributed by atoms with Crippen LogP contribution in [-0.2, 0) is 16.4 Å². The number of rotatable bonds is 8. The zero-order chi connectivity index (χ0) is 29.2. The molecule has 2 N–H and O–H groups in total. The Bertz CT molecular complexity index is 1370. The predicted octanol–water partition coefficient (Wildman–Crippen LogP) is 4.88. The van der Waals surface area contributed by atoms with E-state index >= 15 is 0 Å². The number of benzene rings is 2. The topological polar surface area (TPSA) is 81.8 Å². The molecule has 2 aliphatic heterocycles. The first-order valence-corrected chi connectivity index (χ1v) is 15.1. The van der Waals surface area contributed by atoms with Gasteiger partial charge in [0.1, 0.15) is 0 Å². The third kappa shape index (κ3) is 7.75. The molecule has 15 heteroatoms. The normalized spacial score (nSPS) is 19.7. The number of carbonyl (C=O) groups is 1. The fraction of sp³-hybridized carbons (Fsp3) is 0.480. The van der Waals surface area contributed by atoms with Crippen LogP contribution in [0.4, 0.5) is 33.3 Å². The number of hydrogen-bond donors (Lipinski definition) is 2. The van der Waals surface area contributed by atoms with Gasteiger partial charge in [-0.3, -0.25) is 9.69 Å². The Morgan fingerprint density at radius 3 is 2.33 bits per heavy atom. The summed E-state index contributed by atoms with van der Waals surface area (Å²) >= 11 is 12.3. The van der Waals surface area contributed by atoms with Gasteiger partial charge in [0.05, 0.1) is 44.9 Å². The SMILES string of the molecule is O=C(Nc1cc(Cl)c(Cl)cc1N1CCN(CCC(F)(F)F)CC1)c1ccc(CNC2CCS(=O)(=O)C2)c(F)c1F. The summed E-state index contributed by atoms with van der Waals surface area (Å²) < 4.78 is 90.7. The Kier molecular flexibility index (Phi) is 9.50. The fourth-order valence-corrected chi connectivity index (χ4v) is 6.73. The van der Waals surface area contributed by atoms with Crippen molar-refractivity contribution in [2.24, 2.45) is 0 Å². The van der Waals surface area contributed by atoms with Crippen molar-refractivity contribution in [1.82, 2.24) is 10.2 Å². The average Bonchev–Trinajstić information content (AvgIpc) is 3.24. The van der Waals surface area contributed by atoms with Crippen LogP contribution in [0, 0.1) is 11.6 Å². The second kappa shape index (κ2) is 12.4. The quantitative estimate of drug-likeness (QED) is 0.406. The molecule has 1 unspecified atom stereocenters. The van der Waals surface area contributed by atoms with Crippen molar-refractivity contribution in [3.05, 3.63) is 57.1 Å². The molecule has 2 fully saturated rings. The second-order valence-corrected chi connectivity index (χ2v) is 12.9. The number of piperazine rings is 1. The molecule has 1 amide bonds. The highest BCUT2D eigenvalue weighted by atomic mass is 35.5. The van der Waals surface area contributed by atoms with Crippen LogP contribution in [0.25, 0.3) is 0 Å². The molecule has 0 saturated carbocycles. The summed E-state index contributed by atoms with van der Waals surface area (Å²) in [7, 11) is -3.14. The number of sulfone groups is 1. The van der Waals surface area contributed by atoms with Crippen molar-refractivity contribution in [1.29, 1.82) is 0 Å². The molecule has 0 bridgehead atoms. The highest BCUT2D eigenvalue weighted by Gasteiger charge is 2.30. The number of anilines is 2. The van der Waals surface area contributed by atoms with Gasteiger partial charge in [-0.2, -0.15) is 13.2 Å². The van der Waals surface area contributed by atoms with E-state index in [0.29, 0.717) is 38.3 Å². The van der Waals surface area contributed by atoms with Crippen LogP contribution in [-0.4, -0.2) is 75.7 Å². The molecule has 2 aliphatic rings. The average molecular weight is 629 g/mol. The molecule has 220 valence electrons. The van der Waals surface area contributed by atoms with E-state index in [2.05, 4.69) is 10.6 Å². The summed E-state index contributed by atoms with van der Waals surface area (Å²) in [5.74, 6) is -3.58. The van der Waals surface area contributed by atoms with Gasteiger partial charge in [0.2, 0.25) is 0 Å². The Labute approximate surface area is 238 Å². The predicted molar refractivity (Wildman–Crippen MR) is 144 cm³/mol. The first kappa shape index (κ1) is 30.8. The molecule has 4 rings (SSSR count). The number of amides is 1. The van der Waals surface area contributed by atoms with Crippen LogP contribution in [0.15, 0.2) is 24.3 Å². The van der Waals surface area contributed by atoms with Gasteiger partial charge in [0.25, 0.3) is 5.91 Å². The van der Waals surface area contributed by atoms with Crippen LogP contribution >= 0.6 is 23.2 Å². The Hall–Kier alpha value is -2.19. The number of halogens is 7. The summed E-state index contributed by atoms with van der Waals surface area (Å²) in [4.78, 5) is 16.5. The van der Waals surface area contributed by atoms with E-state index in [1.54, 1.807) is 4.90 Å². The van der Waals surface area contributed by atoms with E-state index in [1.165, 1.54) is 18.2 Å². The van der Waals surface area contributed by atoms with Crippen molar-refractivity contribution in [2.45, 2.75) is 31.6 Å². The Morgan fingerprint density at radius 2 is 1.70 bits per heavy atom. The number of hydrogen-bond acceptors (Lipinski definition) is 6. The maximum atomic E-state index is 14.9. The molecule has 7 nitrogen and oxygen atoms in total. The minimum atomic E-state index is -4.25. The van der Waals surface area contributed by atoms with Crippen LogP contribution in [0.3, 0.4) is 0 Å². The van der Waals surface area contributed by atoms with E-state index in [1.807, 2.05) is 4.90 Å². The van der Waals surface area contributed by atoms with Crippen molar-refractivity contribution >= 4 is 50.3 Å². The summed E-state index contributed by atoms with van der Waals surface area (Å²) in [5.41, 5.74) is -0.00164. The first-order chi connectivity index (χ1) is 18.7. The fourth-order valence-electron chi connectivity index (χ4n) is 4.70. The van der Waals surface area contributed by atoms with Crippen LogP contribution < -0.4 is 15.5 Å². The molecule has 2 aromatic rings. The largest absolute Gasteiger partial charge is 0.390 e. The molecule has 0 aliphatic carbocycles. The third-order valence-corrected chi connectivity index (χ3v) is 9.42. The van der Waals surface area contributed by atoms with Crippen molar-refractivity contribution < 1.29 is 35.2 Å². The van der Waals surface area contributed by atoms with Gasteiger partial charge >= 0.3 is 6.18 Å². The van der Waals surface area contributed by atoms with E-state index in [4.69, 9.17) is 23.2 Å². The number of nitrogens with one attached hydrogen (secondary N) is 2. The highest BCUT2D eigenvalue weighted by molar-refractivity contribution is 7.91. The lowest BCUT2D eigenvalue weighted by Crippen LogP contribution is -2.47. The minimum absolute atomic E-state index is 0.0328. The smallest absolute Gasteiger partial charge is 0.367 e. The summed E-state index contributed by atoms with van der Waals surface area (Å²) in [5, 5.41) is 5.73. The van der Waals surface area contributed by atoms with E-state index in [0.717, 1.165) is 6.07 Å². The molecule has 0 radical (unpaired) electrons. The van der Waals surface area contributed by atoms with Crippen molar-refractivity contribution in [3.63, 3.8) is 0 Å². The molecule has 0 spiro atoms. The number of alkyl halides is 3. The highest BCUT2D eigenvalue weighted by Crippen LogP contribution is 2.36. The van der Waals surface area contributed by atoms with Gasteiger partial charge in [-0.25, -0.2) is 17.2 Å². The molecule has 1 atom stereocenters.